The Morgan fingerprint density at radius 2 is 0.782 bits per heavy atom. The molecule has 2 aliphatic carbocycles. The molecule has 55 heavy (non-hydrogen) atoms. The molecule has 0 heterocycles. The number of hydrogen-bond acceptors (Lipinski definition) is 1. The zero-order valence-corrected chi connectivity index (χ0v) is 31.8. The number of hydrogen-bond donors (Lipinski definition) is 0. The molecule has 264 valence electrons. The van der Waals surface area contributed by atoms with E-state index < -0.39 is 0 Å². The van der Waals surface area contributed by atoms with Crippen LogP contribution in [0.5, 0.6) is 0 Å². The van der Waals surface area contributed by atoms with Gasteiger partial charge in [-0.05, 0) is 90.5 Å². The molecule has 2 aliphatic rings. The number of anilines is 3. The quantitative estimate of drug-likeness (QED) is 0.166. The van der Waals surface area contributed by atoms with E-state index in [1.807, 2.05) is 0 Å². The van der Waals surface area contributed by atoms with Crippen LogP contribution < -0.4 is 4.90 Å². The molecular formula is C54H43N. The molecular weight excluding hydrogens is 663 g/mol. The van der Waals surface area contributed by atoms with Crippen molar-refractivity contribution in [2.24, 2.45) is 0 Å². The Hall–Kier alpha value is -6.44. The van der Waals surface area contributed by atoms with E-state index in [9.17, 15) is 0 Å². The average molecular weight is 706 g/mol. The molecule has 10 rings (SSSR count). The molecule has 0 bridgehead atoms. The fraction of sp³-hybridized carbons (Fsp3) is 0.111. The summed E-state index contributed by atoms with van der Waals surface area (Å²) in [6.45, 7) is 9.77. The first-order valence-corrected chi connectivity index (χ1v) is 19.5. The molecule has 0 spiro atoms. The van der Waals surface area contributed by atoms with Gasteiger partial charge < -0.3 is 4.90 Å². The van der Waals surface area contributed by atoms with E-state index in [2.05, 4.69) is 221 Å². The van der Waals surface area contributed by atoms with E-state index in [-0.39, 0.29) is 10.8 Å². The van der Waals surface area contributed by atoms with Gasteiger partial charge in [0.1, 0.15) is 0 Å². The summed E-state index contributed by atoms with van der Waals surface area (Å²) in [5.41, 5.74) is 21.2. The van der Waals surface area contributed by atoms with Gasteiger partial charge in [-0.25, -0.2) is 0 Å². The molecule has 0 N–H and O–H groups in total. The molecule has 0 aliphatic heterocycles. The van der Waals surface area contributed by atoms with E-state index in [1.54, 1.807) is 0 Å². The Bertz CT molecular complexity index is 2650. The second kappa shape index (κ2) is 12.6. The Balaban J connectivity index is 1.42. The highest BCUT2D eigenvalue weighted by Crippen LogP contribution is 2.66. The van der Waals surface area contributed by atoms with Gasteiger partial charge in [-0.2, -0.15) is 0 Å². The van der Waals surface area contributed by atoms with Gasteiger partial charge in [-0.3, -0.25) is 0 Å². The Kier molecular flexibility index (Phi) is 7.58. The SMILES string of the molecule is CC1(C)c2ccccc2-c2c(-c3ccccc3)c3c(c(N(c4cccc(-c5ccccc5)c4)c4ccccc4-c4ccccc4)c21)C(C)(C)c1ccccc1-3. The van der Waals surface area contributed by atoms with Gasteiger partial charge in [0.15, 0.2) is 0 Å². The van der Waals surface area contributed by atoms with Crippen LogP contribution in [0.15, 0.2) is 188 Å². The van der Waals surface area contributed by atoms with Gasteiger partial charge in [-0.1, -0.05) is 198 Å². The molecule has 0 aromatic heterocycles. The summed E-state index contributed by atoms with van der Waals surface area (Å²) >= 11 is 0. The van der Waals surface area contributed by atoms with Crippen molar-refractivity contribution >= 4 is 17.1 Å². The molecule has 8 aromatic rings. The molecule has 0 amide bonds. The normalized spacial score (nSPS) is 14.1. The molecule has 0 unspecified atom stereocenters. The first-order valence-electron chi connectivity index (χ1n) is 19.5. The van der Waals surface area contributed by atoms with E-state index in [0.29, 0.717) is 0 Å². The van der Waals surface area contributed by atoms with Gasteiger partial charge in [0.05, 0.1) is 11.4 Å². The zero-order valence-electron chi connectivity index (χ0n) is 31.8. The Morgan fingerprint density at radius 1 is 0.345 bits per heavy atom. The van der Waals surface area contributed by atoms with Gasteiger partial charge in [0, 0.05) is 22.1 Å². The topological polar surface area (TPSA) is 3.24 Å². The summed E-state index contributed by atoms with van der Waals surface area (Å²) in [6, 6.07) is 69.3. The number of nitrogens with zero attached hydrogens (tertiary/aromatic N) is 1. The van der Waals surface area contributed by atoms with Crippen LogP contribution in [0.25, 0.3) is 55.6 Å². The minimum Gasteiger partial charge on any atom is -0.309 e. The van der Waals surface area contributed by atoms with Gasteiger partial charge in [-0.15, -0.1) is 0 Å². The van der Waals surface area contributed by atoms with E-state index >= 15 is 0 Å². The second-order valence-electron chi connectivity index (χ2n) is 16.1. The standard InChI is InChI=1S/C54H43N/c1-53(2)44-32-17-14-30-42(44)48-47(38-25-12-7-13-26-38)49-43-31-15-18-33-45(43)54(3,4)51(49)52(50(48)53)55(40-28-20-27-39(35-40)36-21-8-5-9-22-36)46-34-19-16-29-41(46)37-23-10-6-11-24-37/h5-35H,1-4H3. The van der Waals surface area contributed by atoms with Gasteiger partial charge in [0.25, 0.3) is 0 Å². The third-order valence-electron chi connectivity index (χ3n) is 12.2. The van der Waals surface area contributed by atoms with Crippen molar-refractivity contribution in [3.8, 4) is 55.6 Å². The molecule has 0 radical (unpaired) electrons. The monoisotopic (exact) mass is 705 g/mol. The minimum atomic E-state index is -0.304. The molecule has 8 aromatic carbocycles. The van der Waals surface area contributed by atoms with Crippen molar-refractivity contribution < 1.29 is 0 Å². The highest BCUT2D eigenvalue weighted by atomic mass is 15.2. The van der Waals surface area contributed by atoms with Crippen molar-refractivity contribution in [2.45, 2.75) is 38.5 Å². The van der Waals surface area contributed by atoms with Crippen molar-refractivity contribution in [1.29, 1.82) is 0 Å². The maximum atomic E-state index is 2.63. The van der Waals surface area contributed by atoms with Crippen molar-refractivity contribution in [3.63, 3.8) is 0 Å². The number of benzene rings is 8. The number of fused-ring (bicyclic) bond motifs is 6. The smallest absolute Gasteiger partial charge is 0.0556 e. The van der Waals surface area contributed by atoms with Crippen molar-refractivity contribution in [2.75, 3.05) is 4.90 Å². The summed E-state index contributed by atoms with van der Waals surface area (Å²) in [4.78, 5) is 2.63. The van der Waals surface area contributed by atoms with Crippen LogP contribution in [-0.4, -0.2) is 0 Å². The summed E-state index contributed by atoms with van der Waals surface area (Å²) in [6.07, 6.45) is 0. The van der Waals surface area contributed by atoms with Crippen LogP contribution >= 0.6 is 0 Å². The number of para-hydroxylation sites is 1. The molecule has 1 nitrogen and oxygen atoms in total. The lowest BCUT2D eigenvalue weighted by Gasteiger charge is -2.39. The number of rotatable bonds is 6. The summed E-state index contributed by atoms with van der Waals surface area (Å²) in [5.74, 6) is 0. The largest absolute Gasteiger partial charge is 0.309 e. The molecule has 0 atom stereocenters. The summed E-state index contributed by atoms with van der Waals surface area (Å²) < 4.78 is 0. The van der Waals surface area contributed by atoms with E-state index in [4.69, 9.17) is 0 Å². The van der Waals surface area contributed by atoms with Crippen LogP contribution in [0.3, 0.4) is 0 Å². The van der Waals surface area contributed by atoms with E-state index in [0.717, 1.165) is 11.4 Å². The predicted molar refractivity (Wildman–Crippen MR) is 233 cm³/mol. The van der Waals surface area contributed by atoms with Crippen molar-refractivity contribution in [1.82, 2.24) is 0 Å². The minimum absolute atomic E-state index is 0.304. The van der Waals surface area contributed by atoms with Crippen LogP contribution in [0, 0.1) is 0 Å². The first kappa shape index (κ1) is 33.2. The lowest BCUT2D eigenvalue weighted by Crippen LogP contribution is -2.26. The third kappa shape index (κ3) is 5.00. The maximum Gasteiger partial charge on any atom is 0.0556 e. The highest BCUT2D eigenvalue weighted by Gasteiger charge is 2.49. The third-order valence-corrected chi connectivity index (χ3v) is 12.2. The van der Waals surface area contributed by atoms with Crippen LogP contribution in [0.1, 0.15) is 49.9 Å². The fourth-order valence-electron chi connectivity index (χ4n) is 9.75. The zero-order chi connectivity index (χ0) is 37.3. The second-order valence-corrected chi connectivity index (χ2v) is 16.1. The Labute approximate surface area is 325 Å². The van der Waals surface area contributed by atoms with E-state index in [1.165, 1.54) is 83.6 Å². The molecule has 0 saturated heterocycles. The Morgan fingerprint density at radius 3 is 1.35 bits per heavy atom. The highest BCUT2D eigenvalue weighted by molar-refractivity contribution is 6.10. The van der Waals surface area contributed by atoms with Crippen molar-refractivity contribution in [3.05, 3.63) is 210 Å². The van der Waals surface area contributed by atoms with Gasteiger partial charge in [0.2, 0.25) is 0 Å². The van der Waals surface area contributed by atoms with Crippen LogP contribution in [-0.2, 0) is 10.8 Å². The lowest BCUT2D eigenvalue weighted by atomic mass is 9.73. The van der Waals surface area contributed by atoms with Crippen LogP contribution in [0.4, 0.5) is 17.1 Å². The predicted octanol–water partition coefficient (Wildman–Crippen LogP) is 14.8. The maximum absolute atomic E-state index is 2.63. The average Bonchev–Trinajstić information content (AvgIpc) is 3.62. The molecule has 1 heteroatoms. The fourth-order valence-corrected chi connectivity index (χ4v) is 9.75. The van der Waals surface area contributed by atoms with Gasteiger partial charge >= 0.3 is 0 Å². The molecule has 0 fully saturated rings. The summed E-state index contributed by atoms with van der Waals surface area (Å²) in [7, 11) is 0. The molecule has 0 saturated carbocycles. The summed E-state index contributed by atoms with van der Waals surface area (Å²) in [5, 5.41) is 0. The first-order chi connectivity index (χ1) is 26.9. The lowest BCUT2D eigenvalue weighted by molar-refractivity contribution is 0.640. The van der Waals surface area contributed by atoms with Crippen LogP contribution in [0.2, 0.25) is 0 Å².